The average Bonchev–Trinajstić information content (AvgIpc) is 2.82. The van der Waals surface area contributed by atoms with Crippen LogP contribution < -0.4 is 15.5 Å². The number of aliphatic hydroxyl groups excluding tert-OH is 2. The quantitative estimate of drug-likeness (QED) is 0.553. The molecule has 2 aromatic carbocycles. The molecule has 1 saturated heterocycles. The molecule has 2 heterocycles. The summed E-state index contributed by atoms with van der Waals surface area (Å²) >= 11 is 0. The Bertz CT molecular complexity index is 952. The Morgan fingerprint density at radius 3 is 2.66 bits per heavy atom. The lowest BCUT2D eigenvalue weighted by Crippen LogP contribution is -2.40. The van der Waals surface area contributed by atoms with E-state index in [1.807, 2.05) is 12.1 Å². The summed E-state index contributed by atoms with van der Waals surface area (Å²) in [6.45, 7) is 7.16. The molecule has 172 valence electrons. The molecular weight excluding hydrogens is 406 g/mol. The number of hydrogen-bond acceptors (Lipinski definition) is 6. The highest BCUT2D eigenvalue weighted by atomic mass is 16.5. The molecule has 2 aliphatic rings. The fourth-order valence-electron chi connectivity index (χ4n) is 4.61. The number of morpholine rings is 1. The van der Waals surface area contributed by atoms with Crippen molar-refractivity contribution >= 4 is 17.3 Å². The first kappa shape index (κ1) is 22.6. The zero-order chi connectivity index (χ0) is 22.7. The van der Waals surface area contributed by atoms with Crippen LogP contribution in [0.1, 0.15) is 47.8 Å². The molecule has 7 nitrogen and oxygen atoms in total. The van der Waals surface area contributed by atoms with Gasteiger partial charge in [0, 0.05) is 30.0 Å². The number of hydrogen-bond donors (Lipinski definition) is 4. The largest absolute Gasteiger partial charge is 0.394 e. The molecule has 1 fully saturated rings. The molecule has 2 aromatic rings. The lowest BCUT2D eigenvalue weighted by molar-refractivity contribution is 0.0879. The van der Waals surface area contributed by atoms with E-state index >= 15 is 0 Å². The Morgan fingerprint density at radius 1 is 1.19 bits per heavy atom. The monoisotopic (exact) mass is 439 g/mol. The van der Waals surface area contributed by atoms with Crippen LogP contribution in [0.2, 0.25) is 0 Å². The van der Waals surface area contributed by atoms with Gasteiger partial charge < -0.3 is 30.5 Å². The van der Waals surface area contributed by atoms with Gasteiger partial charge in [-0.1, -0.05) is 26.0 Å². The van der Waals surface area contributed by atoms with Crippen LogP contribution in [0, 0.1) is 0 Å². The van der Waals surface area contributed by atoms with Crippen molar-refractivity contribution in [3.63, 3.8) is 0 Å². The fourth-order valence-corrected chi connectivity index (χ4v) is 4.61. The Hall–Kier alpha value is -2.61. The Balaban J connectivity index is 1.56. The molecule has 0 radical (unpaired) electrons. The van der Waals surface area contributed by atoms with Gasteiger partial charge in [-0.25, -0.2) is 0 Å². The summed E-state index contributed by atoms with van der Waals surface area (Å²) in [7, 11) is 0. The van der Waals surface area contributed by atoms with Crippen LogP contribution in [0.25, 0.3) is 0 Å². The van der Waals surface area contributed by atoms with Crippen LogP contribution >= 0.6 is 0 Å². The molecule has 0 aliphatic carbocycles. The van der Waals surface area contributed by atoms with Crippen LogP contribution in [-0.2, 0) is 10.2 Å². The predicted molar refractivity (Wildman–Crippen MR) is 125 cm³/mol. The predicted octanol–water partition coefficient (Wildman–Crippen LogP) is 2.44. The van der Waals surface area contributed by atoms with E-state index in [0.717, 1.165) is 44.0 Å². The number of anilines is 2. The minimum absolute atomic E-state index is 0.135. The first-order chi connectivity index (χ1) is 15.4. The van der Waals surface area contributed by atoms with E-state index in [0.29, 0.717) is 5.56 Å². The Morgan fingerprint density at radius 2 is 1.94 bits per heavy atom. The number of nitrogens with zero attached hydrogens (tertiary/aromatic N) is 1. The number of fused-ring (bicyclic) bond motifs is 1. The van der Waals surface area contributed by atoms with Crippen molar-refractivity contribution in [1.29, 1.82) is 0 Å². The number of carbonyl (C=O) groups excluding carboxylic acids is 1. The summed E-state index contributed by atoms with van der Waals surface area (Å²) in [4.78, 5) is 14.9. The van der Waals surface area contributed by atoms with Crippen LogP contribution in [0.4, 0.5) is 11.4 Å². The van der Waals surface area contributed by atoms with Crippen molar-refractivity contribution in [2.75, 3.05) is 49.7 Å². The minimum atomic E-state index is -0.659. The number of amides is 1. The van der Waals surface area contributed by atoms with Gasteiger partial charge in [0.2, 0.25) is 0 Å². The third kappa shape index (κ3) is 4.75. The highest BCUT2D eigenvalue weighted by molar-refractivity contribution is 5.95. The minimum Gasteiger partial charge on any atom is -0.394 e. The van der Waals surface area contributed by atoms with Crippen LogP contribution in [0.15, 0.2) is 42.5 Å². The lowest BCUT2D eigenvalue weighted by atomic mass is 9.73. The van der Waals surface area contributed by atoms with Gasteiger partial charge >= 0.3 is 0 Å². The van der Waals surface area contributed by atoms with E-state index in [4.69, 9.17) is 4.74 Å². The maximum Gasteiger partial charge on any atom is 0.251 e. The van der Waals surface area contributed by atoms with E-state index in [1.54, 1.807) is 6.07 Å². The fraction of sp³-hybridized carbons (Fsp3) is 0.480. The van der Waals surface area contributed by atoms with Crippen molar-refractivity contribution in [1.82, 2.24) is 5.32 Å². The molecule has 0 saturated carbocycles. The summed E-state index contributed by atoms with van der Waals surface area (Å²) < 4.78 is 5.49. The molecular formula is C25H33N3O4. The molecule has 0 bridgehead atoms. The number of aliphatic hydroxyl groups is 2. The van der Waals surface area contributed by atoms with Gasteiger partial charge in [0.05, 0.1) is 38.5 Å². The number of carbonyl (C=O) groups is 1. The average molecular weight is 440 g/mol. The molecule has 32 heavy (non-hydrogen) atoms. The Kier molecular flexibility index (Phi) is 6.69. The first-order valence-corrected chi connectivity index (χ1v) is 11.3. The maximum atomic E-state index is 12.6. The summed E-state index contributed by atoms with van der Waals surface area (Å²) in [6.07, 6.45) is 0.896. The smallest absolute Gasteiger partial charge is 0.251 e. The molecule has 4 N–H and O–H groups in total. The van der Waals surface area contributed by atoms with E-state index in [1.165, 1.54) is 11.3 Å². The summed E-state index contributed by atoms with van der Waals surface area (Å²) in [6, 6.07) is 13.9. The third-order valence-electron chi connectivity index (χ3n) is 6.48. The van der Waals surface area contributed by atoms with E-state index in [-0.39, 0.29) is 30.6 Å². The molecule has 0 aromatic heterocycles. The topological polar surface area (TPSA) is 94.1 Å². The zero-order valence-corrected chi connectivity index (χ0v) is 18.8. The number of ether oxygens (including phenoxy) is 1. The van der Waals surface area contributed by atoms with Gasteiger partial charge in [-0.3, -0.25) is 4.79 Å². The van der Waals surface area contributed by atoms with Crippen molar-refractivity contribution in [2.45, 2.75) is 37.8 Å². The molecule has 2 aliphatic heterocycles. The summed E-state index contributed by atoms with van der Waals surface area (Å²) in [5, 5.41) is 24.8. The highest BCUT2D eigenvalue weighted by Gasteiger charge is 2.34. The first-order valence-electron chi connectivity index (χ1n) is 11.3. The van der Waals surface area contributed by atoms with Crippen LogP contribution in [0.5, 0.6) is 0 Å². The van der Waals surface area contributed by atoms with Crippen molar-refractivity contribution in [3.05, 3.63) is 59.2 Å². The Labute approximate surface area is 189 Å². The molecule has 0 spiro atoms. The second-order valence-corrected chi connectivity index (χ2v) is 9.28. The second-order valence-electron chi connectivity index (χ2n) is 9.28. The van der Waals surface area contributed by atoms with E-state index < -0.39 is 6.04 Å². The van der Waals surface area contributed by atoms with Crippen LogP contribution in [0.3, 0.4) is 0 Å². The van der Waals surface area contributed by atoms with Crippen molar-refractivity contribution < 1.29 is 19.7 Å². The van der Waals surface area contributed by atoms with Crippen molar-refractivity contribution in [3.8, 4) is 0 Å². The zero-order valence-electron chi connectivity index (χ0n) is 18.8. The third-order valence-corrected chi connectivity index (χ3v) is 6.48. The van der Waals surface area contributed by atoms with E-state index in [9.17, 15) is 15.0 Å². The molecule has 1 atom stereocenters. The van der Waals surface area contributed by atoms with Crippen molar-refractivity contribution in [2.24, 2.45) is 0 Å². The molecule has 1 unspecified atom stereocenters. The normalized spacial score (nSPS) is 19.9. The molecule has 4 rings (SSSR count). The lowest BCUT2D eigenvalue weighted by Gasteiger charge is -2.39. The van der Waals surface area contributed by atoms with Gasteiger partial charge in [-0.05, 0) is 53.3 Å². The molecule has 7 heteroatoms. The van der Waals surface area contributed by atoms with Crippen LogP contribution in [-0.4, -0.2) is 61.7 Å². The number of benzene rings is 2. The standard InChI is InChI=1S/C25H33N3O4/c1-25(2)14-23(17-4-3-5-20(12-17)28-8-10-32-11-9-28)27-22-7-6-18(13-21(22)25)24(31)26-19(15-29)16-30/h3-7,12-13,19,23,27,29-30H,8-11,14-16H2,1-2H3,(H,26,31). The number of nitrogens with one attached hydrogen (secondary N) is 2. The molecule has 1 amide bonds. The SMILES string of the molecule is CC1(C)CC(c2cccc(N3CCOCC3)c2)Nc2ccc(C(=O)NC(CO)CO)cc21. The van der Waals surface area contributed by atoms with Gasteiger partial charge in [-0.2, -0.15) is 0 Å². The summed E-state index contributed by atoms with van der Waals surface area (Å²) in [5.74, 6) is -0.294. The second kappa shape index (κ2) is 9.48. The van der Waals surface area contributed by atoms with Gasteiger partial charge in [0.25, 0.3) is 5.91 Å². The summed E-state index contributed by atoms with van der Waals surface area (Å²) in [5.41, 5.74) is 4.99. The highest BCUT2D eigenvalue weighted by Crippen LogP contribution is 2.44. The van der Waals surface area contributed by atoms with Gasteiger partial charge in [-0.15, -0.1) is 0 Å². The van der Waals surface area contributed by atoms with Gasteiger partial charge in [0.1, 0.15) is 0 Å². The maximum absolute atomic E-state index is 12.6. The number of rotatable bonds is 6. The van der Waals surface area contributed by atoms with E-state index in [2.05, 4.69) is 53.6 Å². The van der Waals surface area contributed by atoms with Gasteiger partial charge in [0.15, 0.2) is 0 Å².